The van der Waals surface area contributed by atoms with Gasteiger partial charge < -0.3 is 10.5 Å². The fourth-order valence-corrected chi connectivity index (χ4v) is 2.11. The highest BCUT2D eigenvalue weighted by Gasteiger charge is 2.37. The Bertz CT molecular complexity index is 444. The Morgan fingerprint density at radius 1 is 1.32 bits per heavy atom. The van der Waals surface area contributed by atoms with E-state index in [0.29, 0.717) is 11.4 Å². The number of nitrogens with two attached hydrogens (primary N) is 1. The van der Waals surface area contributed by atoms with E-state index >= 15 is 0 Å². The van der Waals surface area contributed by atoms with Gasteiger partial charge in [0.15, 0.2) is 0 Å². The van der Waals surface area contributed by atoms with E-state index in [-0.39, 0.29) is 12.6 Å². The van der Waals surface area contributed by atoms with Crippen LogP contribution in [-0.2, 0) is 6.54 Å². The first-order chi connectivity index (χ1) is 8.87. The van der Waals surface area contributed by atoms with Gasteiger partial charge in [0.05, 0.1) is 13.7 Å². The van der Waals surface area contributed by atoms with Crippen LogP contribution in [0.25, 0.3) is 0 Å². The standard InChI is InChI=1S/C13H17F3N2O/c1-19-12-5-9(4-10(17)6-12)7-18(11-2-3-11)8-13(14,15)16/h4-6,11H,2-3,7-8,17H2,1H3. The van der Waals surface area contributed by atoms with Crippen LogP contribution in [0, 0.1) is 0 Å². The van der Waals surface area contributed by atoms with Gasteiger partial charge in [0, 0.05) is 24.3 Å². The SMILES string of the molecule is COc1cc(N)cc(CN(CC(F)(F)F)C2CC2)c1. The summed E-state index contributed by atoms with van der Waals surface area (Å²) in [5, 5.41) is 0. The maximum atomic E-state index is 12.5. The van der Waals surface area contributed by atoms with Crippen molar-refractivity contribution in [3.05, 3.63) is 23.8 Å². The number of nitrogens with zero attached hydrogens (tertiary/aromatic N) is 1. The van der Waals surface area contributed by atoms with E-state index in [9.17, 15) is 13.2 Å². The monoisotopic (exact) mass is 274 g/mol. The van der Waals surface area contributed by atoms with Crippen LogP contribution in [0.15, 0.2) is 18.2 Å². The lowest BCUT2D eigenvalue weighted by molar-refractivity contribution is -0.148. The van der Waals surface area contributed by atoms with Crippen molar-refractivity contribution in [1.82, 2.24) is 4.90 Å². The van der Waals surface area contributed by atoms with Crippen molar-refractivity contribution >= 4 is 5.69 Å². The second kappa shape index (κ2) is 5.28. The molecule has 0 heterocycles. The lowest BCUT2D eigenvalue weighted by Gasteiger charge is -2.23. The molecule has 1 saturated carbocycles. The zero-order chi connectivity index (χ0) is 14.0. The number of rotatable bonds is 5. The molecule has 0 aromatic heterocycles. The molecule has 1 aliphatic carbocycles. The molecule has 2 rings (SSSR count). The average Bonchev–Trinajstić information content (AvgIpc) is 3.09. The van der Waals surface area contributed by atoms with Crippen molar-refractivity contribution in [2.45, 2.75) is 31.6 Å². The zero-order valence-corrected chi connectivity index (χ0v) is 10.7. The minimum atomic E-state index is -4.17. The van der Waals surface area contributed by atoms with Gasteiger partial charge in [-0.3, -0.25) is 4.90 Å². The van der Waals surface area contributed by atoms with Gasteiger partial charge in [0.25, 0.3) is 0 Å². The van der Waals surface area contributed by atoms with Crippen molar-refractivity contribution in [2.75, 3.05) is 19.4 Å². The molecule has 0 saturated heterocycles. The van der Waals surface area contributed by atoms with Crippen LogP contribution in [-0.4, -0.2) is 30.8 Å². The van der Waals surface area contributed by atoms with Gasteiger partial charge >= 0.3 is 6.18 Å². The van der Waals surface area contributed by atoms with Crippen LogP contribution >= 0.6 is 0 Å². The number of hydrogen-bond donors (Lipinski definition) is 1. The smallest absolute Gasteiger partial charge is 0.401 e. The van der Waals surface area contributed by atoms with Gasteiger partial charge in [-0.2, -0.15) is 13.2 Å². The predicted molar refractivity (Wildman–Crippen MR) is 66.9 cm³/mol. The van der Waals surface area contributed by atoms with Crippen molar-refractivity contribution in [3.63, 3.8) is 0 Å². The Labute approximate surface area is 110 Å². The number of ether oxygens (including phenoxy) is 1. The molecule has 2 N–H and O–H groups in total. The third kappa shape index (κ3) is 4.31. The van der Waals surface area contributed by atoms with Crippen LogP contribution < -0.4 is 10.5 Å². The van der Waals surface area contributed by atoms with Crippen LogP contribution in [0.2, 0.25) is 0 Å². The quantitative estimate of drug-likeness (QED) is 0.839. The number of alkyl halides is 3. The second-order valence-electron chi connectivity index (χ2n) is 4.87. The van der Waals surface area contributed by atoms with Crippen LogP contribution in [0.3, 0.4) is 0 Å². The van der Waals surface area contributed by atoms with Gasteiger partial charge in [-0.05, 0) is 30.5 Å². The van der Waals surface area contributed by atoms with E-state index in [1.54, 1.807) is 18.2 Å². The first-order valence-electron chi connectivity index (χ1n) is 6.11. The third-order valence-corrected chi connectivity index (χ3v) is 3.06. The third-order valence-electron chi connectivity index (χ3n) is 3.06. The molecule has 19 heavy (non-hydrogen) atoms. The molecule has 0 atom stereocenters. The number of benzene rings is 1. The summed E-state index contributed by atoms with van der Waals surface area (Å²) < 4.78 is 42.7. The molecule has 0 radical (unpaired) electrons. The minimum absolute atomic E-state index is 0.0362. The van der Waals surface area contributed by atoms with Gasteiger partial charge in [0.2, 0.25) is 0 Å². The number of methoxy groups -OCH3 is 1. The maximum Gasteiger partial charge on any atom is 0.401 e. The van der Waals surface area contributed by atoms with Gasteiger partial charge in [0.1, 0.15) is 5.75 Å². The largest absolute Gasteiger partial charge is 0.497 e. The second-order valence-corrected chi connectivity index (χ2v) is 4.87. The first-order valence-corrected chi connectivity index (χ1v) is 6.11. The molecule has 3 nitrogen and oxygen atoms in total. The van der Waals surface area contributed by atoms with E-state index in [1.165, 1.54) is 12.0 Å². The highest BCUT2D eigenvalue weighted by Crippen LogP contribution is 2.32. The first kappa shape index (κ1) is 14.0. The summed E-state index contributed by atoms with van der Waals surface area (Å²) in [5.41, 5.74) is 6.95. The average molecular weight is 274 g/mol. The van der Waals surface area contributed by atoms with Crippen molar-refractivity contribution in [2.24, 2.45) is 0 Å². The van der Waals surface area contributed by atoms with E-state index in [1.807, 2.05) is 0 Å². The Balaban J connectivity index is 2.10. The number of nitrogen functional groups attached to an aromatic ring is 1. The summed E-state index contributed by atoms with van der Waals surface area (Å²) in [4.78, 5) is 1.45. The van der Waals surface area contributed by atoms with E-state index < -0.39 is 12.7 Å². The molecular weight excluding hydrogens is 257 g/mol. The Morgan fingerprint density at radius 3 is 2.53 bits per heavy atom. The lowest BCUT2D eigenvalue weighted by Crippen LogP contribution is -2.35. The van der Waals surface area contributed by atoms with Crippen molar-refractivity contribution in [3.8, 4) is 5.75 Å². The summed E-state index contributed by atoms with van der Waals surface area (Å²) in [6, 6.07) is 5.10. The maximum absolute atomic E-state index is 12.5. The highest BCUT2D eigenvalue weighted by molar-refractivity contribution is 5.47. The molecule has 6 heteroatoms. The zero-order valence-electron chi connectivity index (χ0n) is 10.7. The minimum Gasteiger partial charge on any atom is -0.497 e. The summed E-state index contributed by atoms with van der Waals surface area (Å²) in [7, 11) is 1.51. The summed E-state index contributed by atoms with van der Waals surface area (Å²) >= 11 is 0. The number of hydrogen-bond acceptors (Lipinski definition) is 3. The molecule has 1 aromatic carbocycles. The summed E-state index contributed by atoms with van der Waals surface area (Å²) in [5.74, 6) is 0.567. The van der Waals surface area contributed by atoms with Crippen LogP contribution in [0.5, 0.6) is 5.75 Å². The molecular formula is C13H17F3N2O. The van der Waals surface area contributed by atoms with Crippen molar-refractivity contribution < 1.29 is 17.9 Å². The van der Waals surface area contributed by atoms with Crippen LogP contribution in [0.4, 0.5) is 18.9 Å². The van der Waals surface area contributed by atoms with E-state index in [2.05, 4.69) is 0 Å². The highest BCUT2D eigenvalue weighted by atomic mass is 19.4. The van der Waals surface area contributed by atoms with Gasteiger partial charge in [-0.25, -0.2) is 0 Å². The summed E-state index contributed by atoms with van der Waals surface area (Å²) in [6.07, 6.45) is -2.52. The Hall–Kier alpha value is -1.43. The number of halogens is 3. The molecule has 0 aliphatic heterocycles. The fraction of sp³-hybridized carbons (Fsp3) is 0.538. The molecule has 0 unspecified atom stereocenters. The Kier molecular flexibility index (Phi) is 3.89. The van der Waals surface area contributed by atoms with Crippen molar-refractivity contribution in [1.29, 1.82) is 0 Å². The molecule has 0 bridgehead atoms. The van der Waals surface area contributed by atoms with Gasteiger partial charge in [-0.15, -0.1) is 0 Å². The molecule has 1 fully saturated rings. The topological polar surface area (TPSA) is 38.5 Å². The Morgan fingerprint density at radius 2 is 2.00 bits per heavy atom. The molecule has 0 amide bonds. The summed E-state index contributed by atoms with van der Waals surface area (Å²) in [6.45, 7) is -0.639. The van der Waals surface area contributed by atoms with Crippen LogP contribution in [0.1, 0.15) is 18.4 Å². The van der Waals surface area contributed by atoms with Gasteiger partial charge in [-0.1, -0.05) is 0 Å². The normalized spacial score (nSPS) is 15.8. The molecule has 0 spiro atoms. The van der Waals surface area contributed by atoms with E-state index in [4.69, 9.17) is 10.5 Å². The molecule has 1 aliphatic rings. The van der Waals surface area contributed by atoms with E-state index in [0.717, 1.165) is 18.4 Å². The lowest BCUT2D eigenvalue weighted by atomic mass is 10.1. The number of anilines is 1. The molecule has 106 valence electrons. The fourth-order valence-electron chi connectivity index (χ4n) is 2.11. The predicted octanol–water partition coefficient (Wildman–Crippen LogP) is 2.80. The molecule has 1 aromatic rings.